The van der Waals surface area contributed by atoms with Crippen molar-refractivity contribution in [3.05, 3.63) is 65.2 Å². The van der Waals surface area contributed by atoms with E-state index in [0.717, 1.165) is 12.0 Å². The average Bonchev–Trinajstić information content (AvgIpc) is 2.59. The Hall–Kier alpha value is -2.82. The van der Waals surface area contributed by atoms with E-state index in [4.69, 9.17) is 10.5 Å². The van der Waals surface area contributed by atoms with Crippen LogP contribution in [-0.4, -0.2) is 18.4 Å². The quantitative estimate of drug-likeness (QED) is 0.821. The lowest BCUT2D eigenvalue weighted by atomic mass is 10.0. The second kappa shape index (κ2) is 8.15. The molecule has 1 unspecified atom stereocenters. The van der Waals surface area contributed by atoms with Crippen LogP contribution in [-0.2, 0) is 4.79 Å². The predicted molar refractivity (Wildman–Crippen MR) is 92.8 cm³/mol. The van der Waals surface area contributed by atoms with Crippen LogP contribution in [0.5, 0.6) is 5.75 Å². The number of primary amides is 1. The highest BCUT2D eigenvalue weighted by atomic mass is 16.5. The Bertz CT molecular complexity index is 711. The van der Waals surface area contributed by atoms with E-state index in [9.17, 15) is 9.59 Å². The summed E-state index contributed by atoms with van der Waals surface area (Å²) in [6.45, 7) is 3.84. The van der Waals surface area contributed by atoms with Gasteiger partial charge in [0.05, 0.1) is 6.04 Å². The molecule has 0 aromatic heterocycles. The Labute approximate surface area is 141 Å². The minimum Gasteiger partial charge on any atom is -0.484 e. The molecule has 0 aliphatic rings. The van der Waals surface area contributed by atoms with Crippen LogP contribution in [0.25, 0.3) is 0 Å². The van der Waals surface area contributed by atoms with E-state index in [1.165, 1.54) is 5.56 Å². The molecule has 0 bridgehead atoms. The number of carbonyl (C=O) groups is 2. The van der Waals surface area contributed by atoms with Crippen LogP contribution in [0.15, 0.2) is 48.5 Å². The van der Waals surface area contributed by atoms with Gasteiger partial charge in [-0.05, 0) is 37.1 Å². The molecule has 2 rings (SSSR count). The van der Waals surface area contributed by atoms with Crippen molar-refractivity contribution < 1.29 is 14.3 Å². The van der Waals surface area contributed by atoms with Crippen molar-refractivity contribution in [2.45, 2.75) is 26.3 Å². The van der Waals surface area contributed by atoms with Gasteiger partial charge in [0.25, 0.3) is 11.8 Å². The summed E-state index contributed by atoms with van der Waals surface area (Å²) in [6.07, 6.45) is 0.784. The van der Waals surface area contributed by atoms with E-state index in [2.05, 4.69) is 5.32 Å². The number of nitrogens with one attached hydrogen (secondary N) is 1. The summed E-state index contributed by atoms with van der Waals surface area (Å²) in [5.41, 5.74) is 7.78. The third-order valence-electron chi connectivity index (χ3n) is 3.67. The minimum absolute atomic E-state index is 0.0618. The first kappa shape index (κ1) is 17.5. The molecule has 24 heavy (non-hydrogen) atoms. The van der Waals surface area contributed by atoms with Crippen molar-refractivity contribution in [2.24, 2.45) is 5.73 Å². The molecule has 5 heteroatoms. The van der Waals surface area contributed by atoms with Gasteiger partial charge in [0, 0.05) is 5.56 Å². The van der Waals surface area contributed by atoms with Gasteiger partial charge in [-0.1, -0.05) is 42.8 Å². The fraction of sp³-hybridized carbons (Fsp3) is 0.263. The zero-order valence-corrected chi connectivity index (χ0v) is 13.9. The molecule has 0 radical (unpaired) electrons. The summed E-state index contributed by atoms with van der Waals surface area (Å²) >= 11 is 0. The second-order valence-electron chi connectivity index (χ2n) is 5.63. The molecule has 0 aliphatic carbocycles. The largest absolute Gasteiger partial charge is 0.484 e. The normalized spacial score (nSPS) is 11.6. The highest BCUT2D eigenvalue weighted by Gasteiger charge is 2.14. The molecule has 2 aromatic rings. The van der Waals surface area contributed by atoms with E-state index in [0.29, 0.717) is 11.3 Å². The van der Waals surface area contributed by atoms with Crippen LogP contribution < -0.4 is 15.8 Å². The molecule has 0 saturated carbocycles. The van der Waals surface area contributed by atoms with E-state index < -0.39 is 5.91 Å². The maximum absolute atomic E-state index is 12.5. The minimum atomic E-state index is -0.560. The maximum Gasteiger partial charge on any atom is 0.255 e. The zero-order chi connectivity index (χ0) is 17.5. The molecule has 0 aliphatic heterocycles. The van der Waals surface area contributed by atoms with Gasteiger partial charge in [0.15, 0.2) is 6.61 Å². The first-order valence-corrected chi connectivity index (χ1v) is 7.88. The Morgan fingerprint density at radius 2 is 1.88 bits per heavy atom. The van der Waals surface area contributed by atoms with Gasteiger partial charge in [0.2, 0.25) is 0 Å². The number of nitrogens with two attached hydrogens (primary N) is 1. The van der Waals surface area contributed by atoms with Gasteiger partial charge in [-0.15, -0.1) is 0 Å². The summed E-state index contributed by atoms with van der Waals surface area (Å²) in [6, 6.07) is 14.7. The van der Waals surface area contributed by atoms with Crippen molar-refractivity contribution in [3.8, 4) is 5.75 Å². The summed E-state index contributed by atoms with van der Waals surface area (Å²) in [5, 5.41) is 3.02. The highest BCUT2D eigenvalue weighted by Crippen LogP contribution is 2.19. The van der Waals surface area contributed by atoms with E-state index in [1.54, 1.807) is 24.3 Å². The van der Waals surface area contributed by atoms with Crippen LogP contribution in [0.4, 0.5) is 0 Å². The number of amides is 2. The SMILES string of the molecule is CCC(NC(=O)c1cccc(OCC(N)=O)c1)c1ccc(C)cc1. The molecule has 0 heterocycles. The van der Waals surface area contributed by atoms with Crippen LogP contribution in [0.2, 0.25) is 0 Å². The standard InChI is InChI=1S/C19H22N2O3/c1-3-17(14-9-7-13(2)8-10-14)21-19(23)15-5-4-6-16(11-15)24-12-18(20)22/h4-11,17H,3,12H2,1-2H3,(H2,20,22)(H,21,23). The van der Waals surface area contributed by atoms with Crippen LogP contribution in [0.3, 0.4) is 0 Å². The van der Waals surface area contributed by atoms with Crippen molar-refractivity contribution in [1.82, 2.24) is 5.32 Å². The number of hydrogen-bond donors (Lipinski definition) is 2. The second-order valence-corrected chi connectivity index (χ2v) is 5.63. The van der Waals surface area contributed by atoms with Crippen LogP contribution >= 0.6 is 0 Å². The van der Waals surface area contributed by atoms with E-state index >= 15 is 0 Å². The fourth-order valence-corrected chi connectivity index (χ4v) is 2.34. The van der Waals surface area contributed by atoms with E-state index in [1.807, 2.05) is 38.1 Å². The lowest BCUT2D eigenvalue weighted by Gasteiger charge is -2.18. The van der Waals surface area contributed by atoms with Crippen LogP contribution in [0.1, 0.15) is 40.9 Å². The van der Waals surface area contributed by atoms with Gasteiger partial charge >= 0.3 is 0 Å². The predicted octanol–water partition coefficient (Wildman–Crippen LogP) is 2.74. The Kier molecular flexibility index (Phi) is 5.95. The maximum atomic E-state index is 12.5. The average molecular weight is 326 g/mol. The monoisotopic (exact) mass is 326 g/mol. The lowest BCUT2D eigenvalue weighted by molar-refractivity contribution is -0.119. The van der Waals surface area contributed by atoms with Crippen LogP contribution in [0, 0.1) is 6.92 Å². The van der Waals surface area contributed by atoms with Crippen molar-refractivity contribution >= 4 is 11.8 Å². The first-order chi connectivity index (χ1) is 11.5. The smallest absolute Gasteiger partial charge is 0.255 e. The number of benzene rings is 2. The summed E-state index contributed by atoms with van der Waals surface area (Å²) in [7, 11) is 0. The summed E-state index contributed by atoms with van der Waals surface area (Å²) < 4.78 is 5.23. The number of aryl methyl sites for hydroxylation is 1. The molecule has 126 valence electrons. The third kappa shape index (κ3) is 4.84. The summed E-state index contributed by atoms with van der Waals surface area (Å²) in [4.78, 5) is 23.3. The Morgan fingerprint density at radius 3 is 2.50 bits per heavy atom. The molecule has 0 fully saturated rings. The van der Waals surface area contributed by atoms with Crippen molar-refractivity contribution in [1.29, 1.82) is 0 Å². The molecule has 1 atom stereocenters. The number of rotatable bonds is 7. The first-order valence-electron chi connectivity index (χ1n) is 7.88. The topological polar surface area (TPSA) is 81.4 Å². The van der Waals surface area contributed by atoms with Gasteiger partial charge in [-0.25, -0.2) is 0 Å². The molecular weight excluding hydrogens is 304 g/mol. The Balaban J connectivity index is 2.08. The Morgan fingerprint density at radius 1 is 1.17 bits per heavy atom. The molecule has 3 N–H and O–H groups in total. The van der Waals surface area contributed by atoms with Gasteiger partial charge in [-0.3, -0.25) is 9.59 Å². The molecule has 5 nitrogen and oxygen atoms in total. The molecule has 2 amide bonds. The molecule has 0 saturated heterocycles. The fourth-order valence-electron chi connectivity index (χ4n) is 2.34. The van der Waals surface area contributed by atoms with Crippen molar-refractivity contribution in [2.75, 3.05) is 6.61 Å². The number of carbonyl (C=O) groups excluding carboxylic acids is 2. The number of ether oxygens (including phenoxy) is 1. The molecule has 0 spiro atoms. The van der Waals surface area contributed by atoms with E-state index in [-0.39, 0.29) is 18.6 Å². The highest BCUT2D eigenvalue weighted by molar-refractivity contribution is 5.94. The molecular formula is C19H22N2O3. The van der Waals surface area contributed by atoms with Gasteiger partial charge in [-0.2, -0.15) is 0 Å². The lowest BCUT2D eigenvalue weighted by Crippen LogP contribution is -2.28. The van der Waals surface area contributed by atoms with Gasteiger partial charge < -0.3 is 15.8 Å². The summed E-state index contributed by atoms with van der Waals surface area (Å²) in [5.74, 6) is -0.313. The molecule has 2 aromatic carbocycles. The number of hydrogen-bond acceptors (Lipinski definition) is 3. The van der Waals surface area contributed by atoms with Crippen molar-refractivity contribution in [3.63, 3.8) is 0 Å². The third-order valence-corrected chi connectivity index (χ3v) is 3.67. The van der Waals surface area contributed by atoms with Gasteiger partial charge in [0.1, 0.15) is 5.75 Å². The zero-order valence-electron chi connectivity index (χ0n) is 13.9.